The Morgan fingerprint density at radius 3 is 3.06 bits per heavy atom. The Bertz CT molecular complexity index is 596. The van der Waals surface area contributed by atoms with Crippen LogP contribution in [0.15, 0.2) is 30.5 Å². The molecule has 5 nitrogen and oxygen atoms in total. The summed E-state index contributed by atoms with van der Waals surface area (Å²) in [5.41, 5.74) is 7.83. The third-order valence-corrected chi connectivity index (χ3v) is 2.79. The maximum absolute atomic E-state index is 11.6. The monoisotopic (exact) mass is 242 g/mol. The van der Waals surface area contributed by atoms with Gasteiger partial charge < -0.3 is 16.0 Å². The van der Waals surface area contributed by atoms with Crippen LogP contribution in [0.5, 0.6) is 0 Å². The van der Waals surface area contributed by atoms with Gasteiger partial charge in [-0.15, -0.1) is 0 Å². The van der Waals surface area contributed by atoms with Gasteiger partial charge in [0.1, 0.15) is 6.54 Å². The van der Waals surface area contributed by atoms with Crippen LogP contribution in [0.25, 0.3) is 10.9 Å². The van der Waals surface area contributed by atoms with Gasteiger partial charge in [-0.1, -0.05) is 18.2 Å². The first-order valence-electron chi connectivity index (χ1n) is 5.67. The fourth-order valence-electron chi connectivity index (χ4n) is 1.89. The molecule has 0 spiro atoms. The lowest BCUT2D eigenvalue weighted by molar-refractivity contribution is -0.122. The third-order valence-electron chi connectivity index (χ3n) is 2.79. The molecule has 18 heavy (non-hydrogen) atoms. The molecule has 0 bridgehead atoms. The van der Waals surface area contributed by atoms with Crippen LogP contribution in [0, 0.1) is 11.3 Å². The molecule has 2 rings (SSSR count). The molecule has 1 aromatic heterocycles. The van der Waals surface area contributed by atoms with Gasteiger partial charge in [0, 0.05) is 17.1 Å². The highest BCUT2D eigenvalue weighted by Gasteiger charge is 2.15. The Labute approximate surface area is 105 Å². The Morgan fingerprint density at radius 2 is 2.28 bits per heavy atom. The minimum atomic E-state index is -0.641. The maximum atomic E-state index is 11.6. The topological polar surface area (TPSA) is 94.7 Å². The molecule has 2 aromatic rings. The van der Waals surface area contributed by atoms with Gasteiger partial charge in [0.25, 0.3) is 0 Å². The molecule has 1 aromatic carbocycles. The summed E-state index contributed by atoms with van der Waals surface area (Å²) in [5, 5.41) is 11.9. The van der Waals surface area contributed by atoms with Gasteiger partial charge in [-0.25, -0.2) is 0 Å². The molecule has 0 radical (unpaired) electrons. The second-order valence-corrected chi connectivity index (χ2v) is 4.05. The molecule has 0 aliphatic heterocycles. The number of nitriles is 1. The number of hydrogen-bond donors (Lipinski definition) is 3. The summed E-state index contributed by atoms with van der Waals surface area (Å²) in [6.45, 7) is -0.0135. The maximum Gasteiger partial charge on any atom is 0.238 e. The number of rotatable bonds is 4. The molecule has 0 saturated heterocycles. The summed E-state index contributed by atoms with van der Waals surface area (Å²) >= 11 is 0. The van der Waals surface area contributed by atoms with E-state index in [0.29, 0.717) is 6.42 Å². The fourth-order valence-corrected chi connectivity index (χ4v) is 1.89. The number of aromatic amines is 1. The number of carbonyl (C=O) groups excluding carboxylic acids is 1. The van der Waals surface area contributed by atoms with E-state index in [1.54, 1.807) is 0 Å². The molecule has 0 unspecified atom stereocenters. The van der Waals surface area contributed by atoms with Crippen molar-refractivity contribution in [3.8, 4) is 6.07 Å². The lowest BCUT2D eigenvalue weighted by Crippen LogP contribution is -2.42. The van der Waals surface area contributed by atoms with Crippen molar-refractivity contribution in [2.45, 2.75) is 12.5 Å². The molecule has 5 heteroatoms. The average Bonchev–Trinajstić information content (AvgIpc) is 2.79. The zero-order valence-corrected chi connectivity index (χ0v) is 9.81. The van der Waals surface area contributed by atoms with E-state index < -0.39 is 6.04 Å². The van der Waals surface area contributed by atoms with Gasteiger partial charge >= 0.3 is 0 Å². The Morgan fingerprint density at radius 1 is 1.50 bits per heavy atom. The average molecular weight is 242 g/mol. The third kappa shape index (κ3) is 2.50. The van der Waals surface area contributed by atoms with Crippen molar-refractivity contribution >= 4 is 16.8 Å². The number of nitrogens with zero attached hydrogens (tertiary/aromatic N) is 1. The van der Waals surface area contributed by atoms with E-state index in [0.717, 1.165) is 16.5 Å². The van der Waals surface area contributed by atoms with E-state index in [1.165, 1.54) is 0 Å². The van der Waals surface area contributed by atoms with Crippen LogP contribution in [0.2, 0.25) is 0 Å². The van der Waals surface area contributed by atoms with E-state index >= 15 is 0 Å². The normalized spacial score (nSPS) is 12.0. The van der Waals surface area contributed by atoms with E-state index in [2.05, 4.69) is 10.3 Å². The van der Waals surface area contributed by atoms with Crippen molar-refractivity contribution in [2.24, 2.45) is 5.73 Å². The van der Waals surface area contributed by atoms with Gasteiger partial charge in [0.15, 0.2) is 0 Å². The Kier molecular flexibility index (Phi) is 3.60. The molecular formula is C13H14N4O. The lowest BCUT2D eigenvalue weighted by Gasteiger charge is -2.09. The van der Waals surface area contributed by atoms with Crippen molar-refractivity contribution in [3.63, 3.8) is 0 Å². The highest BCUT2D eigenvalue weighted by Crippen LogP contribution is 2.18. The predicted octanol–water partition coefficient (Wildman–Crippen LogP) is 0.677. The number of amides is 1. The van der Waals surface area contributed by atoms with Crippen LogP contribution < -0.4 is 11.1 Å². The minimum Gasteiger partial charge on any atom is -0.361 e. The first kappa shape index (κ1) is 12.1. The molecule has 1 amide bonds. The van der Waals surface area contributed by atoms with Crippen LogP contribution in [0.4, 0.5) is 0 Å². The fraction of sp³-hybridized carbons (Fsp3) is 0.231. The van der Waals surface area contributed by atoms with Gasteiger partial charge in [-0.05, 0) is 18.1 Å². The smallest absolute Gasteiger partial charge is 0.238 e. The quantitative estimate of drug-likeness (QED) is 0.688. The second-order valence-electron chi connectivity index (χ2n) is 4.05. The number of nitrogens with one attached hydrogen (secondary N) is 2. The summed E-state index contributed by atoms with van der Waals surface area (Å²) in [7, 11) is 0. The van der Waals surface area contributed by atoms with E-state index in [9.17, 15) is 4.79 Å². The molecule has 1 heterocycles. The van der Waals surface area contributed by atoms with Crippen LogP contribution in [0.1, 0.15) is 5.56 Å². The molecule has 4 N–H and O–H groups in total. The summed E-state index contributed by atoms with van der Waals surface area (Å²) < 4.78 is 0. The number of hydrogen-bond acceptors (Lipinski definition) is 3. The molecule has 0 saturated carbocycles. The zero-order chi connectivity index (χ0) is 13.0. The first-order valence-corrected chi connectivity index (χ1v) is 5.67. The second kappa shape index (κ2) is 5.34. The predicted molar refractivity (Wildman–Crippen MR) is 68.6 cm³/mol. The van der Waals surface area contributed by atoms with Crippen molar-refractivity contribution in [1.82, 2.24) is 10.3 Å². The largest absolute Gasteiger partial charge is 0.361 e. The van der Waals surface area contributed by atoms with Gasteiger partial charge in [-0.3, -0.25) is 4.79 Å². The van der Waals surface area contributed by atoms with Gasteiger partial charge in [0.2, 0.25) is 5.91 Å². The molecule has 0 aliphatic rings. The zero-order valence-electron chi connectivity index (χ0n) is 9.81. The number of aromatic nitrogens is 1. The molecule has 92 valence electrons. The van der Waals surface area contributed by atoms with Gasteiger partial charge in [-0.2, -0.15) is 5.26 Å². The van der Waals surface area contributed by atoms with Crippen LogP contribution in [-0.2, 0) is 11.2 Å². The van der Waals surface area contributed by atoms with Crippen molar-refractivity contribution < 1.29 is 4.79 Å². The Balaban J connectivity index is 2.09. The summed E-state index contributed by atoms with van der Waals surface area (Å²) in [5.74, 6) is -0.304. The minimum absolute atomic E-state index is 0.0135. The van der Waals surface area contributed by atoms with E-state index in [-0.39, 0.29) is 12.5 Å². The highest BCUT2D eigenvalue weighted by molar-refractivity contribution is 5.86. The van der Waals surface area contributed by atoms with E-state index in [4.69, 9.17) is 11.0 Å². The first-order chi connectivity index (χ1) is 8.72. The summed E-state index contributed by atoms with van der Waals surface area (Å²) in [4.78, 5) is 14.7. The number of carbonyl (C=O) groups is 1. The Hall–Kier alpha value is -2.32. The SMILES string of the molecule is N#CCNC(=O)[C@@H](N)Cc1c[nH]c2ccccc12. The van der Waals surface area contributed by atoms with Crippen LogP contribution in [-0.4, -0.2) is 23.5 Å². The number of fused-ring (bicyclic) bond motifs is 1. The molecule has 0 aliphatic carbocycles. The van der Waals surface area contributed by atoms with E-state index in [1.807, 2.05) is 36.5 Å². The molecule has 0 fully saturated rings. The molecular weight excluding hydrogens is 228 g/mol. The van der Waals surface area contributed by atoms with Gasteiger partial charge in [0.05, 0.1) is 12.1 Å². The van der Waals surface area contributed by atoms with Crippen molar-refractivity contribution in [1.29, 1.82) is 5.26 Å². The standard InChI is InChI=1S/C13H14N4O/c14-5-6-16-13(18)11(15)7-9-8-17-12-4-2-1-3-10(9)12/h1-4,8,11,17H,6-7,15H2,(H,16,18)/t11-/m0/s1. The summed E-state index contributed by atoms with van der Waals surface area (Å²) in [6, 6.07) is 9.06. The lowest BCUT2D eigenvalue weighted by atomic mass is 10.1. The number of benzene rings is 1. The number of H-pyrrole nitrogens is 1. The van der Waals surface area contributed by atoms with Crippen LogP contribution >= 0.6 is 0 Å². The van der Waals surface area contributed by atoms with Crippen LogP contribution in [0.3, 0.4) is 0 Å². The highest BCUT2D eigenvalue weighted by atomic mass is 16.2. The number of para-hydroxylation sites is 1. The van der Waals surface area contributed by atoms with Crippen molar-refractivity contribution in [2.75, 3.05) is 6.54 Å². The van der Waals surface area contributed by atoms with Crippen molar-refractivity contribution in [3.05, 3.63) is 36.0 Å². The number of nitrogens with two attached hydrogens (primary N) is 1. The summed E-state index contributed by atoms with van der Waals surface area (Å²) in [6.07, 6.45) is 2.31. The molecule has 1 atom stereocenters.